The van der Waals surface area contributed by atoms with Crippen LogP contribution in [-0.4, -0.2) is 5.78 Å². The first-order valence-electron chi connectivity index (χ1n) is 6.97. The van der Waals surface area contributed by atoms with Crippen LogP contribution in [-0.2, 0) is 0 Å². The zero-order chi connectivity index (χ0) is 15.6. The average Bonchev–Trinajstić information content (AvgIpc) is 2.40. The van der Waals surface area contributed by atoms with Gasteiger partial charge in [0.05, 0.1) is 5.56 Å². The number of halogens is 1. The van der Waals surface area contributed by atoms with Crippen molar-refractivity contribution in [3.8, 4) is 11.5 Å². The number of rotatable bonds is 4. The van der Waals surface area contributed by atoms with Crippen molar-refractivity contribution in [2.24, 2.45) is 0 Å². The van der Waals surface area contributed by atoms with E-state index in [-0.39, 0.29) is 5.78 Å². The number of hydrogen-bond acceptors (Lipinski definition) is 2. The highest BCUT2D eigenvalue weighted by molar-refractivity contribution is 9.10. The third-order valence-electron chi connectivity index (χ3n) is 3.33. The van der Waals surface area contributed by atoms with Crippen LogP contribution in [0.3, 0.4) is 0 Å². The SMILES string of the molecule is CC(=O)c1cc(Br)ccc1Oc1cc(C)ccc1C(C)C. The molecule has 2 aromatic rings. The fraction of sp³-hybridized carbons (Fsp3) is 0.278. The first-order chi connectivity index (χ1) is 9.88. The lowest BCUT2D eigenvalue weighted by atomic mass is 10.0. The summed E-state index contributed by atoms with van der Waals surface area (Å²) in [7, 11) is 0. The van der Waals surface area contributed by atoms with Crippen LogP contribution in [0.5, 0.6) is 11.5 Å². The van der Waals surface area contributed by atoms with Gasteiger partial charge in [0, 0.05) is 4.47 Å². The van der Waals surface area contributed by atoms with Crippen molar-refractivity contribution >= 4 is 21.7 Å². The number of benzene rings is 2. The molecule has 0 radical (unpaired) electrons. The smallest absolute Gasteiger partial charge is 0.163 e. The molecular formula is C18H19BrO2. The molecular weight excluding hydrogens is 328 g/mol. The Labute approximate surface area is 134 Å². The Bertz CT molecular complexity index is 675. The van der Waals surface area contributed by atoms with E-state index in [1.807, 2.05) is 25.1 Å². The first kappa shape index (κ1) is 15.8. The highest BCUT2D eigenvalue weighted by atomic mass is 79.9. The maximum Gasteiger partial charge on any atom is 0.163 e. The van der Waals surface area contributed by atoms with Gasteiger partial charge >= 0.3 is 0 Å². The van der Waals surface area contributed by atoms with Crippen LogP contribution in [0, 0.1) is 6.92 Å². The van der Waals surface area contributed by atoms with Crippen molar-refractivity contribution in [2.45, 2.75) is 33.6 Å². The van der Waals surface area contributed by atoms with Crippen LogP contribution < -0.4 is 4.74 Å². The first-order valence-corrected chi connectivity index (χ1v) is 7.76. The summed E-state index contributed by atoms with van der Waals surface area (Å²) in [5.74, 6) is 1.76. The van der Waals surface area contributed by atoms with Gasteiger partial charge in [0.15, 0.2) is 5.78 Å². The summed E-state index contributed by atoms with van der Waals surface area (Å²) in [6.45, 7) is 7.84. The maximum atomic E-state index is 11.8. The number of aryl methyl sites for hydroxylation is 1. The number of ketones is 1. The molecule has 0 aliphatic rings. The van der Waals surface area contributed by atoms with Gasteiger partial charge in [0.2, 0.25) is 0 Å². The molecule has 2 nitrogen and oxygen atoms in total. The molecule has 0 N–H and O–H groups in total. The Kier molecular flexibility index (Phi) is 4.84. The summed E-state index contributed by atoms with van der Waals surface area (Å²) in [5.41, 5.74) is 2.86. The lowest BCUT2D eigenvalue weighted by Crippen LogP contribution is -2.00. The zero-order valence-electron chi connectivity index (χ0n) is 12.7. The van der Waals surface area contributed by atoms with Crippen LogP contribution in [0.1, 0.15) is 48.2 Å². The van der Waals surface area contributed by atoms with E-state index in [0.717, 1.165) is 21.3 Å². The molecule has 0 saturated heterocycles. The Morgan fingerprint density at radius 1 is 1.10 bits per heavy atom. The lowest BCUT2D eigenvalue weighted by molar-refractivity contribution is 0.101. The lowest BCUT2D eigenvalue weighted by Gasteiger charge is -2.16. The van der Waals surface area contributed by atoms with Crippen LogP contribution in [0.4, 0.5) is 0 Å². The summed E-state index contributed by atoms with van der Waals surface area (Å²) in [4.78, 5) is 11.8. The number of carbonyl (C=O) groups is 1. The molecule has 0 spiro atoms. The van der Waals surface area contributed by atoms with Crippen molar-refractivity contribution in [3.05, 3.63) is 57.6 Å². The molecule has 21 heavy (non-hydrogen) atoms. The molecule has 0 fully saturated rings. The second-order valence-electron chi connectivity index (χ2n) is 5.49. The summed E-state index contributed by atoms with van der Waals surface area (Å²) in [5, 5.41) is 0. The van der Waals surface area contributed by atoms with Gasteiger partial charge in [-0.2, -0.15) is 0 Å². The Hall–Kier alpha value is -1.61. The summed E-state index contributed by atoms with van der Waals surface area (Å²) >= 11 is 3.39. The zero-order valence-corrected chi connectivity index (χ0v) is 14.3. The quantitative estimate of drug-likeness (QED) is 0.646. The van der Waals surface area contributed by atoms with Gasteiger partial charge in [0.25, 0.3) is 0 Å². The molecule has 0 aliphatic carbocycles. The van der Waals surface area contributed by atoms with E-state index in [1.165, 1.54) is 0 Å². The summed E-state index contributed by atoms with van der Waals surface area (Å²) < 4.78 is 6.93. The van der Waals surface area contributed by atoms with E-state index in [1.54, 1.807) is 13.0 Å². The molecule has 2 rings (SSSR count). The maximum absolute atomic E-state index is 11.8. The van der Waals surface area contributed by atoms with Gasteiger partial charge < -0.3 is 4.74 Å². The van der Waals surface area contributed by atoms with Crippen LogP contribution in [0.25, 0.3) is 0 Å². The van der Waals surface area contributed by atoms with Crippen LogP contribution >= 0.6 is 15.9 Å². The molecule has 110 valence electrons. The number of hydrogen-bond donors (Lipinski definition) is 0. The molecule has 0 saturated carbocycles. The third-order valence-corrected chi connectivity index (χ3v) is 3.83. The van der Waals surface area contributed by atoms with E-state index in [9.17, 15) is 4.79 Å². The molecule has 0 unspecified atom stereocenters. The van der Waals surface area contributed by atoms with Gasteiger partial charge in [-0.15, -0.1) is 0 Å². The van der Waals surface area contributed by atoms with Crippen LogP contribution in [0.2, 0.25) is 0 Å². The van der Waals surface area contributed by atoms with E-state index >= 15 is 0 Å². The van der Waals surface area contributed by atoms with Gasteiger partial charge in [-0.3, -0.25) is 4.79 Å². The van der Waals surface area contributed by atoms with Crippen molar-refractivity contribution in [1.82, 2.24) is 0 Å². The molecule has 0 aromatic heterocycles. The van der Waals surface area contributed by atoms with E-state index < -0.39 is 0 Å². The summed E-state index contributed by atoms with van der Waals surface area (Å²) in [6, 6.07) is 11.7. The minimum atomic E-state index is -0.00921. The Morgan fingerprint density at radius 3 is 2.43 bits per heavy atom. The standard InChI is InChI=1S/C18H19BrO2/c1-11(2)15-7-5-12(3)9-18(15)21-17-8-6-14(19)10-16(17)13(4)20/h5-11H,1-4H3. The van der Waals surface area contributed by atoms with Crippen molar-refractivity contribution in [2.75, 3.05) is 0 Å². The van der Waals surface area contributed by atoms with E-state index in [2.05, 4.69) is 41.9 Å². The average molecular weight is 347 g/mol. The third kappa shape index (κ3) is 3.73. The van der Waals surface area contributed by atoms with Gasteiger partial charge in [-0.25, -0.2) is 0 Å². The predicted molar refractivity (Wildman–Crippen MR) is 89.5 cm³/mol. The fourth-order valence-corrected chi connectivity index (χ4v) is 2.55. The molecule has 0 amide bonds. The van der Waals surface area contributed by atoms with Gasteiger partial charge in [-0.1, -0.05) is 41.9 Å². The minimum Gasteiger partial charge on any atom is -0.456 e. The predicted octanol–water partition coefficient (Wildman–Crippen LogP) is 5.88. The molecule has 0 aliphatic heterocycles. The highest BCUT2D eigenvalue weighted by Gasteiger charge is 2.14. The van der Waals surface area contributed by atoms with Crippen molar-refractivity contribution in [3.63, 3.8) is 0 Å². The number of carbonyl (C=O) groups excluding carboxylic acids is 1. The molecule has 0 atom stereocenters. The van der Waals surface area contributed by atoms with Gasteiger partial charge in [-0.05, 0) is 55.2 Å². The Balaban J connectivity index is 2.47. The van der Waals surface area contributed by atoms with E-state index in [4.69, 9.17) is 4.74 Å². The Morgan fingerprint density at radius 2 is 1.81 bits per heavy atom. The topological polar surface area (TPSA) is 26.3 Å². The van der Waals surface area contributed by atoms with Crippen LogP contribution in [0.15, 0.2) is 40.9 Å². The largest absolute Gasteiger partial charge is 0.456 e. The minimum absolute atomic E-state index is 0.00921. The molecule has 0 heterocycles. The van der Waals surface area contributed by atoms with Gasteiger partial charge in [0.1, 0.15) is 11.5 Å². The molecule has 3 heteroatoms. The summed E-state index contributed by atoms with van der Waals surface area (Å²) in [6.07, 6.45) is 0. The normalized spacial score (nSPS) is 10.8. The fourth-order valence-electron chi connectivity index (χ4n) is 2.19. The van der Waals surface area contributed by atoms with E-state index in [0.29, 0.717) is 17.2 Å². The highest BCUT2D eigenvalue weighted by Crippen LogP contribution is 2.34. The number of Topliss-reactive ketones (excluding diaryl/α,β-unsaturated/α-hetero) is 1. The second-order valence-corrected chi connectivity index (χ2v) is 6.41. The number of ether oxygens (including phenoxy) is 1. The second kappa shape index (κ2) is 6.44. The molecule has 0 bridgehead atoms. The molecule has 2 aromatic carbocycles. The van der Waals surface area contributed by atoms with Crippen molar-refractivity contribution in [1.29, 1.82) is 0 Å². The monoisotopic (exact) mass is 346 g/mol. The van der Waals surface area contributed by atoms with Crippen molar-refractivity contribution < 1.29 is 9.53 Å².